The fourth-order valence-electron chi connectivity index (χ4n) is 2.81. The number of nitriles is 1. The molecule has 1 heterocycles. The first-order valence-electron chi connectivity index (χ1n) is 9.00. The smallest absolute Gasteiger partial charge is 0.237 e. The Bertz CT molecular complexity index is 1040. The second kappa shape index (κ2) is 8.72. The van der Waals surface area contributed by atoms with Gasteiger partial charge in [-0.1, -0.05) is 42.1 Å². The molecule has 0 unspecified atom stereocenters. The van der Waals surface area contributed by atoms with Crippen LogP contribution >= 0.6 is 11.8 Å². The molecule has 2 aromatic carbocycles. The molecule has 6 nitrogen and oxygen atoms in total. The number of aromatic nitrogens is 3. The average Bonchev–Trinajstić information content (AvgIpc) is 3.10. The third-order valence-corrected chi connectivity index (χ3v) is 5.41. The molecule has 142 valence electrons. The van der Waals surface area contributed by atoms with E-state index in [-0.39, 0.29) is 11.2 Å². The van der Waals surface area contributed by atoms with Crippen molar-refractivity contribution in [2.45, 2.75) is 37.7 Å². The minimum atomic E-state index is -0.370. The largest absolute Gasteiger partial charge is 0.325 e. The third kappa shape index (κ3) is 4.24. The number of carbonyl (C=O) groups excluding carboxylic acids is 1. The number of aryl methyl sites for hydroxylation is 1. The molecule has 0 aliphatic carbocycles. The number of hydrogen-bond acceptors (Lipinski definition) is 5. The van der Waals surface area contributed by atoms with Crippen LogP contribution < -0.4 is 5.32 Å². The minimum absolute atomic E-state index is 0.150. The number of carbonyl (C=O) groups is 1. The molecule has 0 aliphatic rings. The molecule has 28 heavy (non-hydrogen) atoms. The molecule has 0 spiro atoms. The number of anilines is 1. The van der Waals surface area contributed by atoms with Crippen LogP contribution in [0.5, 0.6) is 0 Å². The molecule has 0 radical (unpaired) electrons. The number of nitrogens with zero attached hydrogens (tertiary/aromatic N) is 4. The van der Waals surface area contributed by atoms with E-state index in [0.29, 0.717) is 23.0 Å². The summed E-state index contributed by atoms with van der Waals surface area (Å²) in [6.45, 7) is 6.61. The Labute approximate surface area is 168 Å². The zero-order chi connectivity index (χ0) is 20.1. The Balaban J connectivity index is 1.77. The Morgan fingerprint density at radius 2 is 2.04 bits per heavy atom. The Morgan fingerprint density at radius 3 is 2.75 bits per heavy atom. The van der Waals surface area contributed by atoms with Crippen molar-refractivity contribution in [1.29, 1.82) is 5.26 Å². The maximum Gasteiger partial charge on any atom is 0.237 e. The molecule has 0 saturated carbocycles. The number of benzene rings is 2. The number of hydrogen-bond donors (Lipinski definition) is 1. The summed E-state index contributed by atoms with van der Waals surface area (Å²) < 4.78 is 2.02. The van der Waals surface area contributed by atoms with Gasteiger partial charge in [-0.25, -0.2) is 0 Å². The van der Waals surface area contributed by atoms with Gasteiger partial charge in [0.15, 0.2) is 11.0 Å². The van der Waals surface area contributed by atoms with Crippen molar-refractivity contribution in [3.05, 3.63) is 59.7 Å². The van der Waals surface area contributed by atoms with Crippen LogP contribution in [0.4, 0.5) is 5.69 Å². The van der Waals surface area contributed by atoms with Crippen molar-refractivity contribution in [2.75, 3.05) is 5.32 Å². The van der Waals surface area contributed by atoms with E-state index in [1.165, 1.54) is 11.8 Å². The summed E-state index contributed by atoms with van der Waals surface area (Å²) in [6, 6.07) is 17.0. The molecule has 1 N–H and O–H groups in total. The van der Waals surface area contributed by atoms with Gasteiger partial charge in [0.25, 0.3) is 0 Å². The lowest BCUT2D eigenvalue weighted by molar-refractivity contribution is -0.115. The topological polar surface area (TPSA) is 83.6 Å². The lowest BCUT2D eigenvalue weighted by Crippen LogP contribution is -2.23. The highest BCUT2D eigenvalue weighted by atomic mass is 32.2. The van der Waals surface area contributed by atoms with Crippen molar-refractivity contribution in [1.82, 2.24) is 14.8 Å². The standard InChI is InChI=1S/C21H21N5OS/c1-4-26-19(18-11-6-5-8-14(18)2)24-25-21(26)28-15(3)20(27)23-17-10-7-9-16(12-17)13-22/h5-12,15H,4H2,1-3H3,(H,23,27)/t15-/m1/s1. The highest BCUT2D eigenvalue weighted by Gasteiger charge is 2.21. The summed E-state index contributed by atoms with van der Waals surface area (Å²) >= 11 is 1.37. The van der Waals surface area contributed by atoms with Crippen molar-refractivity contribution in [3.63, 3.8) is 0 Å². The van der Waals surface area contributed by atoms with Crippen molar-refractivity contribution >= 4 is 23.4 Å². The molecule has 3 rings (SSSR count). The first-order chi connectivity index (χ1) is 13.5. The first-order valence-corrected chi connectivity index (χ1v) is 9.88. The van der Waals surface area contributed by atoms with Crippen LogP contribution in [-0.2, 0) is 11.3 Å². The Hall–Kier alpha value is -3.11. The molecule has 1 amide bonds. The second-order valence-electron chi connectivity index (χ2n) is 6.31. The fourth-order valence-corrected chi connectivity index (χ4v) is 3.72. The molecule has 1 atom stereocenters. The van der Waals surface area contributed by atoms with Crippen LogP contribution in [0.25, 0.3) is 11.4 Å². The summed E-state index contributed by atoms with van der Waals surface area (Å²) in [5.74, 6) is 0.653. The van der Waals surface area contributed by atoms with Crippen LogP contribution in [0.3, 0.4) is 0 Å². The molecule has 3 aromatic rings. The minimum Gasteiger partial charge on any atom is -0.325 e. The lowest BCUT2D eigenvalue weighted by atomic mass is 10.1. The predicted molar refractivity (Wildman–Crippen MR) is 111 cm³/mol. The summed E-state index contributed by atoms with van der Waals surface area (Å²) in [5.41, 5.74) is 3.28. The Kier molecular flexibility index (Phi) is 6.12. The normalized spacial score (nSPS) is 11.6. The van der Waals surface area contributed by atoms with Crippen LogP contribution in [0, 0.1) is 18.3 Å². The van der Waals surface area contributed by atoms with Gasteiger partial charge >= 0.3 is 0 Å². The average molecular weight is 392 g/mol. The molecule has 7 heteroatoms. The second-order valence-corrected chi connectivity index (χ2v) is 7.62. The summed E-state index contributed by atoms with van der Waals surface area (Å²) in [4.78, 5) is 12.6. The highest BCUT2D eigenvalue weighted by Crippen LogP contribution is 2.28. The van der Waals surface area contributed by atoms with Crippen molar-refractivity contribution in [2.24, 2.45) is 0 Å². The van der Waals surface area contributed by atoms with Crippen LogP contribution in [0.1, 0.15) is 25.0 Å². The maximum atomic E-state index is 12.6. The number of thioether (sulfide) groups is 1. The van der Waals surface area contributed by atoms with E-state index >= 15 is 0 Å². The SMILES string of the molecule is CCn1c(S[C@H](C)C(=O)Nc2cccc(C#N)c2)nnc1-c1ccccc1C. The van der Waals surface area contributed by atoms with Gasteiger partial charge in [-0.05, 0) is 44.5 Å². The summed E-state index contributed by atoms with van der Waals surface area (Å²) in [7, 11) is 0. The Morgan fingerprint density at radius 1 is 1.25 bits per heavy atom. The monoisotopic (exact) mass is 391 g/mol. The van der Waals surface area contributed by atoms with Crippen molar-refractivity contribution in [3.8, 4) is 17.5 Å². The van der Waals surface area contributed by atoms with Crippen molar-refractivity contribution < 1.29 is 4.79 Å². The molecular formula is C21H21N5OS. The van der Waals surface area contributed by atoms with Gasteiger partial charge in [-0.3, -0.25) is 4.79 Å². The van der Waals surface area contributed by atoms with E-state index in [1.54, 1.807) is 24.3 Å². The fraction of sp³-hybridized carbons (Fsp3) is 0.238. The predicted octanol–water partition coefficient (Wildman–Crippen LogP) is 4.26. The van der Waals surface area contributed by atoms with Crippen LogP contribution in [-0.4, -0.2) is 25.9 Å². The lowest BCUT2D eigenvalue weighted by Gasteiger charge is -2.13. The van der Waals surface area contributed by atoms with Gasteiger partial charge in [0, 0.05) is 17.8 Å². The third-order valence-electron chi connectivity index (χ3n) is 4.33. The van der Waals surface area contributed by atoms with Gasteiger partial charge in [0.05, 0.1) is 16.9 Å². The quantitative estimate of drug-likeness (QED) is 0.635. The van der Waals surface area contributed by atoms with Gasteiger partial charge in [-0.15, -0.1) is 10.2 Å². The zero-order valence-electron chi connectivity index (χ0n) is 16.0. The maximum absolute atomic E-state index is 12.6. The van der Waals surface area contributed by atoms with E-state index in [9.17, 15) is 4.79 Å². The molecule has 0 saturated heterocycles. The molecule has 0 bridgehead atoms. The zero-order valence-corrected chi connectivity index (χ0v) is 16.8. The van der Waals surface area contributed by atoms with E-state index < -0.39 is 0 Å². The summed E-state index contributed by atoms with van der Waals surface area (Å²) in [5, 5.41) is 20.9. The molecular weight excluding hydrogens is 370 g/mol. The van der Waals surface area contributed by atoms with Gasteiger partial charge in [0.1, 0.15) is 0 Å². The first kappa shape index (κ1) is 19.6. The van der Waals surface area contributed by atoms with Crippen LogP contribution in [0.2, 0.25) is 0 Å². The van der Waals surface area contributed by atoms with E-state index in [4.69, 9.17) is 5.26 Å². The van der Waals surface area contributed by atoms with Gasteiger partial charge in [-0.2, -0.15) is 5.26 Å². The van der Waals surface area contributed by atoms with E-state index in [1.807, 2.05) is 49.6 Å². The number of amides is 1. The highest BCUT2D eigenvalue weighted by molar-refractivity contribution is 8.00. The number of nitrogens with one attached hydrogen (secondary N) is 1. The van der Waals surface area contributed by atoms with Crippen LogP contribution in [0.15, 0.2) is 53.7 Å². The van der Waals surface area contributed by atoms with E-state index in [0.717, 1.165) is 17.0 Å². The molecule has 1 aromatic heterocycles. The molecule has 0 fully saturated rings. The van der Waals surface area contributed by atoms with E-state index in [2.05, 4.69) is 21.6 Å². The molecule has 0 aliphatic heterocycles. The van der Waals surface area contributed by atoms with Gasteiger partial charge in [0.2, 0.25) is 5.91 Å². The van der Waals surface area contributed by atoms with Gasteiger partial charge < -0.3 is 9.88 Å². The summed E-state index contributed by atoms with van der Waals surface area (Å²) in [6.07, 6.45) is 0. The number of rotatable bonds is 6.